The number of hydrogen-bond acceptors (Lipinski definition) is 2. The van der Waals surface area contributed by atoms with Crippen molar-refractivity contribution in [3.8, 4) is 0 Å². The molecule has 2 amide bonds. The summed E-state index contributed by atoms with van der Waals surface area (Å²) in [6, 6.07) is 20.7. The molecule has 3 aromatic carbocycles. The molecule has 4 nitrogen and oxygen atoms in total. The van der Waals surface area contributed by atoms with Crippen LogP contribution in [0.4, 0.5) is 0 Å². The molecule has 0 heterocycles. The Labute approximate surface area is 165 Å². The first-order valence-electron chi connectivity index (χ1n) is 9.42. The molecule has 0 aliphatic carbocycles. The number of nitrogens with one attached hydrogen (secondary N) is 1. The molecule has 3 aromatic rings. The van der Waals surface area contributed by atoms with Crippen molar-refractivity contribution in [2.45, 2.75) is 38.6 Å². The molecule has 0 aliphatic rings. The lowest BCUT2D eigenvalue weighted by Gasteiger charge is -2.20. The number of carbonyl (C=O) groups is 2. The van der Waals surface area contributed by atoms with E-state index in [9.17, 15) is 9.59 Å². The van der Waals surface area contributed by atoms with Crippen molar-refractivity contribution >= 4 is 22.6 Å². The van der Waals surface area contributed by atoms with Crippen LogP contribution in [0.2, 0.25) is 0 Å². The summed E-state index contributed by atoms with van der Waals surface area (Å²) < 4.78 is 0. The topological polar surface area (TPSA) is 72.2 Å². The molecule has 0 radical (unpaired) electrons. The lowest BCUT2D eigenvalue weighted by atomic mass is 9.86. The molecule has 144 valence electrons. The van der Waals surface area contributed by atoms with Gasteiger partial charge in [0.2, 0.25) is 5.91 Å². The van der Waals surface area contributed by atoms with Crippen molar-refractivity contribution in [2.75, 3.05) is 0 Å². The van der Waals surface area contributed by atoms with E-state index >= 15 is 0 Å². The summed E-state index contributed by atoms with van der Waals surface area (Å²) in [4.78, 5) is 24.5. The molecule has 0 fully saturated rings. The van der Waals surface area contributed by atoms with Crippen molar-refractivity contribution in [1.82, 2.24) is 5.32 Å². The van der Waals surface area contributed by atoms with Crippen molar-refractivity contribution in [3.63, 3.8) is 0 Å². The van der Waals surface area contributed by atoms with Crippen molar-refractivity contribution in [2.24, 2.45) is 5.73 Å². The molecule has 0 spiro atoms. The Morgan fingerprint density at radius 2 is 1.57 bits per heavy atom. The minimum absolute atomic E-state index is 0.0147. The molecule has 0 aliphatic heterocycles. The van der Waals surface area contributed by atoms with Gasteiger partial charge in [0.25, 0.3) is 5.91 Å². The number of fused-ring (bicyclic) bond motifs is 1. The minimum Gasteiger partial charge on any atom is -0.368 e. The average Bonchev–Trinajstić information content (AvgIpc) is 2.66. The van der Waals surface area contributed by atoms with Crippen LogP contribution in [0.15, 0.2) is 66.7 Å². The zero-order valence-corrected chi connectivity index (χ0v) is 16.5. The van der Waals surface area contributed by atoms with E-state index in [1.807, 2.05) is 54.6 Å². The van der Waals surface area contributed by atoms with Crippen LogP contribution >= 0.6 is 0 Å². The van der Waals surface area contributed by atoms with Gasteiger partial charge in [-0.2, -0.15) is 0 Å². The Morgan fingerprint density at radius 1 is 0.929 bits per heavy atom. The van der Waals surface area contributed by atoms with E-state index in [1.165, 1.54) is 0 Å². The molecule has 28 heavy (non-hydrogen) atoms. The number of amides is 2. The average molecular weight is 374 g/mol. The Bertz CT molecular complexity index is 1000. The summed E-state index contributed by atoms with van der Waals surface area (Å²) in [6.45, 7) is 6.36. The largest absolute Gasteiger partial charge is 0.368 e. The lowest BCUT2D eigenvalue weighted by molar-refractivity contribution is -0.119. The highest BCUT2D eigenvalue weighted by atomic mass is 16.2. The SMILES string of the molecule is CC(C)(C)c1ccc(C(=O)N[C@@H](Cc2ccc3ccccc3c2)C(N)=O)cc1. The highest BCUT2D eigenvalue weighted by Gasteiger charge is 2.20. The van der Waals surface area contributed by atoms with Gasteiger partial charge in [0.15, 0.2) is 0 Å². The molecule has 0 saturated carbocycles. The third kappa shape index (κ3) is 4.58. The maximum atomic E-state index is 12.6. The normalized spacial score (nSPS) is 12.5. The first kappa shape index (κ1) is 19.6. The summed E-state index contributed by atoms with van der Waals surface area (Å²) in [7, 11) is 0. The van der Waals surface area contributed by atoms with Crippen LogP contribution < -0.4 is 11.1 Å². The summed E-state index contributed by atoms with van der Waals surface area (Å²) in [5.74, 6) is -0.849. The van der Waals surface area contributed by atoms with E-state index in [4.69, 9.17) is 5.73 Å². The standard InChI is InChI=1S/C24H26N2O2/c1-24(2,3)20-12-10-18(11-13-20)23(28)26-21(22(25)27)15-16-8-9-17-6-4-5-7-19(17)14-16/h4-14,21H,15H2,1-3H3,(H2,25,27)(H,26,28)/t21-/m0/s1. The van der Waals surface area contributed by atoms with Crippen LogP contribution in [0.3, 0.4) is 0 Å². The molecule has 0 unspecified atom stereocenters. The monoisotopic (exact) mass is 374 g/mol. The predicted octanol–water partition coefficient (Wildman–Crippen LogP) is 3.96. The van der Waals surface area contributed by atoms with Crippen molar-refractivity contribution in [1.29, 1.82) is 0 Å². The molecule has 3 N–H and O–H groups in total. The molecular formula is C24H26N2O2. The molecular weight excluding hydrogens is 348 g/mol. The number of primary amides is 1. The van der Waals surface area contributed by atoms with E-state index in [1.54, 1.807) is 12.1 Å². The van der Waals surface area contributed by atoms with Gasteiger partial charge in [-0.25, -0.2) is 0 Å². The van der Waals surface area contributed by atoms with Gasteiger partial charge >= 0.3 is 0 Å². The summed E-state index contributed by atoms with van der Waals surface area (Å²) in [5, 5.41) is 4.99. The van der Waals surface area contributed by atoms with E-state index in [-0.39, 0.29) is 11.3 Å². The van der Waals surface area contributed by atoms with E-state index in [0.717, 1.165) is 21.9 Å². The van der Waals surface area contributed by atoms with Gasteiger partial charge in [-0.05, 0) is 39.4 Å². The van der Waals surface area contributed by atoms with Crippen LogP contribution in [0.25, 0.3) is 10.8 Å². The summed E-state index contributed by atoms with van der Waals surface area (Å²) in [6.07, 6.45) is 0.353. The summed E-state index contributed by atoms with van der Waals surface area (Å²) in [5.41, 5.74) is 8.17. The Balaban J connectivity index is 1.75. The zero-order chi connectivity index (χ0) is 20.3. The van der Waals surface area contributed by atoms with Gasteiger partial charge in [-0.15, -0.1) is 0 Å². The van der Waals surface area contributed by atoms with E-state index < -0.39 is 11.9 Å². The van der Waals surface area contributed by atoms with Crippen LogP contribution in [0.5, 0.6) is 0 Å². The van der Waals surface area contributed by atoms with Crippen molar-refractivity contribution < 1.29 is 9.59 Å². The van der Waals surface area contributed by atoms with Crippen LogP contribution in [-0.4, -0.2) is 17.9 Å². The molecule has 1 atom stereocenters. The Kier molecular flexibility index (Phi) is 5.50. The predicted molar refractivity (Wildman–Crippen MR) is 113 cm³/mol. The second-order valence-corrected chi connectivity index (χ2v) is 8.14. The zero-order valence-electron chi connectivity index (χ0n) is 16.5. The quantitative estimate of drug-likeness (QED) is 0.709. The molecule has 0 saturated heterocycles. The fourth-order valence-electron chi connectivity index (χ4n) is 3.19. The highest BCUT2D eigenvalue weighted by Crippen LogP contribution is 2.22. The molecule has 4 heteroatoms. The van der Waals surface area contributed by atoms with Crippen LogP contribution in [0, 0.1) is 0 Å². The first-order chi connectivity index (χ1) is 13.2. The first-order valence-corrected chi connectivity index (χ1v) is 9.42. The van der Waals surface area contributed by atoms with Gasteiger partial charge in [0.05, 0.1) is 0 Å². The number of rotatable bonds is 5. The Hall–Kier alpha value is -3.14. The fourth-order valence-corrected chi connectivity index (χ4v) is 3.19. The number of carbonyl (C=O) groups excluding carboxylic acids is 2. The lowest BCUT2D eigenvalue weighted by Crippen LogP contribution is -2.45. The van der Waals surface area contributed by atoms with Crippen molar-refractivity contribution in [3.05, 3.63) is 83.4 Å². The van der Waals surface area contributed by atoms with Crippen LogP contribution in [0.1, 0.15) is 42.3 Å². The maximum absolute atomic E-state index is 12.6. The van der Waals surface area contributed by atoms with E-state index in [0.29, 0.717) is 12.0 Å². The number of benzene rings is 3. The third-order valence-corrected chi connectivity index (χ3v) is 4.92. The van der Waals surface area contributed by atoms with E-state index in [2.05, 4.69) is 26.1 Å². The molecule has 3 rings (SSSR count). The second-order valence-electron chi connectivity index (χ2n) is 8.14. The van der Waals surface area contributed by atoms with Gasteiger partial charge in [0.1, 0.15) is 6.04 Å². The molecule has 0 bridgehead atoms. The Morgan fingerprint density at radius 3 is 2.18 bits per heavy atom. The van der Waals surface area contributed by atoms with Gasteiger partial charge < -0.3 is 11.1 Å². The maximum Gasteiger partial charge on any atom is 0.251 e. The summed E-state index contributed by atoms with van der Waals surface area (Å²) >= 11 is 0. The highest BCUT2D eigenvalue weighted by molar-refractivity contribution is 5.97. The van der Waals surface area contributed by atoms with Gasteiger partial charge in [-0.3, -0.25) is 9.59 Å². The van der Waals surface area contributed by atoms with Gasteiger partial charge in [-0.1, -0.05) is 75.4 Å². The third-order valence-electron chi connectivity index (χ3n) is 4.92. The van der Waals surface area contributed by atoms with Crippen LogP contribution in [-0.2, 0) is 16.6 Å². The fraction of sp³-hybridized carbons (Fsp3) is 0.250. The second kappa shape index (κ2) is 7.85. The number of nitrogens with two attached hydrogens (primary N) is 1. The minimum atomic E-state index is -0.768. The number of hydrogen-bond donors (Lipinski definition) is 2. The molecule has 0 aromatic heterocycles. The smallest absolute Gasteiger partial charge is 0.251 e. The van der Waals surface area contributed by atoms with Gasteiger partial charge in [0, 0.05) is 12.0 Å².